The van der Waals surface area contributed by atoms with Crippen LogP contribution < -0.4 is 0 Å². The SMILES string of the molecule is CC(CCC(=O)N(C)Cc1ccccc1)C1CCC2C3CCC4CCCCC4(C)C3CCC12C. The summed E-state index contributed by atoms with van der Waals surface area (Å²) < 4.78 is 0. The summed E-state index contributed by atoms with van der Waals surface area (Å²) >= 11 is 0. The molecule has 0 bridgehead atoms. The highest BCUT2D eigenvalue weighted by atomic mass is 16.2. The van der Waals surface area contributed by atoms with Crippen LogP contribution in [-0.2, 0) is 11.3 Å². The van der Waals surface area contributed by atoms with Gasteiger partial charge in [0.05, 0.1) is 0 Å². The highest BCUT2D eigenvalue weighted by Crippen LogP contribution is 2.68. The van der Waals surface area contributed by atoms with Gasteiger partial charge in [0.15, 0.2) is 0 Å². The number of hydrogen-bond acceptors (Lipinski definition) is 1. The van der Waals surface area contributed by atoms with Crippen molar-refractivity contribution < 1.29 is 4.79 Å². The smallest absolute Gasteiger partial charge is 0.222 e. The summed E-state index contributed by atoms with van der Waals surface area (Å²) in [6, 6.07) is 10.4. The lowest BCUT2D eigenvalue weighted by molar-refractivity contribution is -0.131. The minimum atomic E-state index is 0.308. The topological polar surface area (TPSA) is 20.3 Å². The number of rotatable bonds is 6. The molecule has 5 rings (SSSR count). The Morgan fingerprint density at radius 3 is 2.50 bits per heavy atom. The largest absolute Gasteiger partial charge is 0.341 e. The van der Waals surface area contributed by atoms with Crippen LogP contribution in [0.25, 0.3) is 0 Å². The molecule has 2 heteroatoms. The lowest BCUT2D eigenvalue weighted by atomic mass is 9.44. The molecular formula is C32H49NO. The molecule has 0 N–H and O–H groups in total. The van der Waals surface area contributed by atoms with Gasteiger partial charge in [-0.2, -0.15) is 0 Å². The summed E-state index contributed by atoms with van der Waals surface area (Å²) in [5.74, 6) is 5.70. The number of fused-ring (bicyclic) bond motifs is 5. The quantitative estimate of drug-likeness (QED) is 0.417. The minimum absolute atomic E-state index is 0.308. The van der Waals surface area contributed by atoms with Crippen molar-refractivity contribution in [2.45, 2.75) is 104 Å². The van der Waals surface area contributed by atoms with Crippen LogP contribution in [0.5, 0.6) is 0 Å². The first-order valence-corrected chi connectivity index (χ1v) is 14.6. The van der Waals surface area contributed by atoms with Crippen molar-refractivity contribution in [2.75, 3.05) is 7.05 Å². The normalized spacial score (nSPS) is 40.1. The molecule has 4 aliphatic rings. The molecule has 0 spiro atoms. The Balaban J connectivity index is 1.20. The third-order valence-corrected chi connectivity index (χ3v) is 11.8. The molecule has 0 radical (unpaired) electrons. The van der Waals surface area contributed by atoms with Crippen molar-refractivity contribution in [2.24, 2.45) is 46.3 Å². The molecular weight excluding hydrogens is 414 g/mol. The fourth-order valence-electron chi connectivity index (χ4n) is 9.96. The standard InChI is InChI=1S/C32H49NO/c1-23(13-18-30(34)33(4)22-24-10-6-5-7-11-24)27-16-17-28-26-15-14-25-12-8-9-20-31(25,2)29(26)19-21-32(27,28)3/h5-7,10-11,23,25-29H,8-9,12-22H2,1-4H3. The molecule has 0 heterocycles. The number of benzene rings is 1. The summed E-state index contributed by atoms with van der Waals surface area (Å²) in [5.41, 5.74) is 2.37. The summed E-state index contributed by atoms with van der Waals surface area (Å²) in [5, 5.41) is 0. The summed E-state index contributed by atoms with van der Waals surface area (Å²) in [6.45, 7) is 8.55. The first kappa shape index (κ1) is 24.4. The van der Waals surface area contributed by atoms with E-state index in [0.29, 0.717) is 29.1 Å². The molecule has 4 aliphatic carbocycles. The second-order valence-electron chi connectivity index (χ2n) is 13.4. The lowest BCUT2D eigenvalue weighted by Gasteiger charge is -2.61. The van der Waals surface area contributed by atoms with Gasteiger partial charge in [0.25, 0.3) is 0 Å². The van der Waals surface area contributed by atoms with Crippen LogP contribution in [0.4, 0.5) is 0 Å². The molecule has 4 saturated carbocycles. The molecule has 4 fully saturated rings. The number of hydrogen-bond donors (Lipinski definition) is 0. The van der Waals surface area contributed by atoms with Gasteiger partial charge in [-0.15, -0.1) is 0 Å². The van der Waals surface area contributed by atoms with E-state index in [2.05, 4.69) is 45.0 Å². The van der Waals surface area contributed by atoms with Crippen molar-refractivity contribution in [1.29, 1.82) is 0 Å². The predicted octanol–water partition coefficient (Wildman–Crippen LogP) is 8.11. The first-order valence-electron chi connectivity index (χ1n) is 14.6. The summed E-state index contributed by atoms with van der Waals surface area (Å²) in [4.78, 5) is 14.8. The van der Waals surface area contributed by atoms with Gasteiger partial charge in [-0.1, -0.05) is 63.9 Å². The number of carbonyl (C=O) groups is 1. The van der Waals surface area contributed by atoms with E-state index in [1.54, 1.807) is 0 Å². The van der Waals surface area contributed by atoms with Crippen LogP contribution in [0.2, 0.25) is 0 Å². The van der Waals surface area contributed by atoms with Crippen LogP contribution in [0.3, 0.4) is 0 Å². The maximum atomic E-state index is 12.9. The van der Waals surface area contributed by atoms with Gasteiger partial charge in [0.1, 0.15) is 0 Å². The third kappa shape index (κ3) is 4.26. The van der Waals surface area contributed by atoms with Crippen molar-refractivity contribution in [3.05, 3.63) is 35.9 Å². The zero-order valence-electron chi connectivity index (χ0n) is 22.4. The Hall–Kier alpha value is -1.31. The molecule has 0 saturated heterocycles. The molecule has 1 amide bonds. The van der Waals surface area contributed by atoms with Crippen LogP contribution in [0.15, 0.2) is 30.3 Å². The molecule has 188 valence electrons. The van der Waals surface area contributed by atoms with Gasteiger partial charge in [-0.3, -0.25) is 4.79 Å². The molecule has 0 aromatic heterocycles. The van der Waals surface area contributed by atoms with Gasteiger partial charge in [0.2, 0.25) is 5.91 Å². The monoisotopic (exact) mass is 463 g/mol. The molecule has 34 heavy (non-hydrogen) atoms. The Labute approximate surface area is 209 Å². The Morgan fingerprint density at radius 1 is 0.941 bits per heavy atom. The highest BCUT2D eigenvalue weighted by Gasteiger charge is 2.60. The van der Waals surface area contributed by atoms with E-state index in [1.807, 2.05) is 18.0 Å². The maximum Gasteiger partial charge on any atom is 0.222 e. The average Bonchev–Trinajstić information content (AvgIpc) is 3.20. The van der Waals surface area contributed by atoms with Crippen LogP contribution in [0, 0.1) is 46.3 Å². The number of nitrogens with zero attached hydrogens (tertiary/aromatic N) is 1. The van der Waals surface area contributed by atoms with Gasteiger partial charge in [-0.25, -0.2) is 0 Å². The summed E-state index contributed by atoms with van der Waals surface area (Å²) in [6.07, 6.45) is 16.5. The third-order valence-electron chi connectivity index (χ3n) is 11.8. The molecule has 1 aromatic rings. The van der Waals surface area contributed by atoms with Crippen molar-refractivity contribution in [1.82, 2.24) is 4.90 Å². The van der Waals surface area contributed by atoms with E-state index >= 15 is 0 Å². The van der Waals surface area contributed by atoms with Crippen molar-refractivity contribution in [3.8, 4) is 0 Å². The maximum absolute atomic E-state index is 12.9. The first-order chi connectivity index (χ1) is 16.3. The second kappa shape index (κ2) is 9.62. The van der Waals surface area contributed by atoms with Crippen LogP contribution in [-0.4, -0.2) is 17.9 Å². The van der Waals surface area contributed by atoms with Crippen LogP contribution in [0.1, 0.15) is 103 Å². The van der Waals surface area contributed by atoms with Crippen LogP contribution >= 0.6 is 0 Å². The lowest BCUT2D eigenvalue weighted by Crippen LogP contribution is -2.53. The van der Waals surface area contributed by atoms with Gasteiger partial charge >= 0.3 is 0 Å². The van der Waals surface area contributed by atoms with Crippen molar-refractivity contribution in [3.63, 3.8) is 0 Å². The van der Waals surface area contributed by atoms with E-state index in [4.69, 9.17) is 0 Å². The summed E-state index contributed by atoms with van der Waals surface area (Å²) in [7, 11) is 1.97. The van der Waals surface area contributed by atoms with E-state index < -0.39 is 0 Å². The Morgan fingerprint density at radius 2 is 1.71 bits per heavy atom. The Kier molecular flexibility index (Phi) is 6.90. The van der Waals surface area contributed by atoms with E-state index in [-0.39, 0.29) is 0 Å². The average molecular weight is 464 g/mol. The molecule has 8 unspecified atom stereocenters. The highest BCUT2D eigenvalue weighted by molar-refractivity contribution is 5.75. The van der Waals surface area contributed by atoms with Gasteiger partial charge in [0, 0.05) is 20.0 Å². The van der Waals surface area contributed by atoms with Crippen molar-refractivity contribution >= 4 is 5.91 Å². The number of carbonyl (C=O) groups excluding carboxylic acids is 1. The van der Waals surface area contributed by atoms with E-state index in [0.717, 1.165) is 42.6 Å². The molecule has 0 aliphatic heterocycles. The molecule has 2 nitrogen and oxygen atoms in total. The molecule has 1 aromatic carbocycles. The van der Waals surface area contributed by atoms with Gasteiger partial charge < -0.3 is 4.90 Å². The number of amides is 1. The van der Waals surface area contributed by atoms with Gasteiger partial charge in [-0.05, 0) is 110 Å². The van der Waals surface area contributed by atoms with E-state index in [9.17, 15) is 4.79 Å². The fourth-order valence-corrected chi connectivity index (χ4v) is 9.96. The zero-order valence-corrected chi connectivity index (χ0v) is 22.4. The minimum Gasteiger partial charge on any atom is -0.341 e. The predicted molar refractivity (Wildman–Crippen MR) is 141 cm³/mol. The fraction of sp³-hybridized carbons (Fsp3) is 0.781. The zero-order chi connectivity index (χ0) is 23.9. The molecule has 8 atom stereocenters. The Bertz CT molecular complexity index is 850. The second-order valence-corrected chi connectivity index (χ2v) is 13.4. The van der Waals surface area contributed by atoms with E-state index in [1.165, 1.54) is 69.8 Å².